The molecule has 4 heteroatoms. The summed E-state index contributed by atoms with van der Waals surface area (Å²) in [5.74, 6) is 0. The fourth-order valence-electron chi connectivity index (χ4n) is 0.687. The molecule has 0 atom stereocenters. The Balaban J connectivity index is -0.000000120. The van der Waals surface area contributed by atoms with E-state index in [0.717, 1.165) is 13.2 Å². The molecule has 0 aliphatic carbocycles. The van der Waals surface area contributed by atoms with Crippen LogP contribution in [-0.4, -0.2) is 24.2 Å². The largest absolute Gasteiger partial charge is 1.00 e. The molecule has 1 aliphatic heterocycles. The normalized spacial score (nSPS) is 16.0. The van der Waals surface area contributed by atoms with E-state index in [4.69, 9.17) is 4.74 Å². The van der Waals surface area contributed by atoms with Crippen LogP contribution in [0.5, 0.6) is 0 Å². The van der Waals surface area contributed by atoms with E-state index in [1.54, 1.807) is 0 Å². The molecule has 1 heterocycles. The van der Waals surface area contributed by atoms with Gasteiger partial charge in [0.2, 0.25) is 0 Å². The van der Waals surface area contributed by atoms with Gasteiger partial charge in [-0.25, -0.2) is 0 Å². The molecule has 9 heavy (non-hydrogen) atoms. The summed E-state index contributed by atoms with van der Waals surface area (Å²) in [6, 6.07) is 0. The molecule has 0 bridgehead atoms. The molecule has 1 rings (SSSR count). The van der Waals surface area contributed by atoms with Crippen LogP contribution in [-0.2, 0) is 4.74 Å². The Kier molecular flexibility index (Phi) is 20.4. The average Bonchev–Trinajstić information content (AvgIpc) is 1.72. The third-order valence-electron chi connectivity index (χ3n) is 1.08. The van der Waals surface area contributed by atoms with Gasteiger partial charge in [-0.3, -0.25) is 0 Å². The maximum Gasteiger partial charge on any atom is 1.00 e. The number of hydrogen-bond donors (Lipinski definition) is 0. The quantitative estimate of drug-likeness (QED) is 0.330. The van der Waals surface area contributed by atoms with Crippen molar-refractivity contribution < 1.29 is 34.5 Å². The molecule has 52 valence electrons. The van der Waals surface area contributed by atoms with Crippen LogP contribution in [0.3, 0.4) is 0 Å². The summed E-state index contributed by atoms with van der Waals surface area (Å²) < 4.78 is 5.07. The van der Waals surface area contributed by atoms with Crippen LogP contribution < -0.4 is 18.9 Å². The Bertz CT molecular complexity index is 27.7. The Morgan fingerprint density at radius 2 is 1.33 bits per heavy atom. The molecule has 1 aliphatic rings. The summed E-state index contributed by atoms with van der Waals surface area (Å²) in [5, 5.41) is 0. The maximum atomic E-state index is 5.07. The Morgan fingerprint density at radius 3 is 1.44 bits per heavy atom. The van der Waals surface area contributed by atoms with Gasteiger partial charge in [-0.1, -0.05) is 0 Å². The van der Waals surface area contributed by atoms with Gasteiger partial charge in [-0.15, -0.1) is 0 Å². The minimum atomic E-state index is 0. The van der Waals surface area contributed by atoms with Crippen molar-refractivity contribution >= 4 is 0 Å². The molecule has 0 amide bonds. The molecule has 0 saturated carbocycles. The van der Waals surface area contributed by atoms with Crippen LogP contribution in [0.2, 0.25) is 0 Å². The van der Waals surface area contributed by atoms with E-state index >= 15 is 0 Å². The Labute approximate surface area is 67.6 Å². The standard InChI is InChI=1S/C5H10O.Li.2H2O/c1-2-4-6-5-3-1;;;/h1-5H2;;2*1H2/q;+1;;/p-1. The van der Waals surface area contributed by atoms with Crippen molar-refractivity contribution in [1.82, 2.24) is 0 Å². The van der Waals surface area contributed by atoms with Crippen LogP contribution in [0, 0.1) is 0 Å². The Hall–Kier alpha value is 0.477. The fraction of sp³-hybridized carbons (Fsp3) is 1.00. The summed E-state index contributed by atoms with van der Waals surface area (Å²) in [6.07, 6.45) is 3.93. The van der Waals surface area contributed by atoms with Gasteiger partial charge in [-0.2, -0.15) is 0 Å². The summed E-state index contributed by atoms with van der Waals surface area (Å²) in [5.41, 5.74) is 0. The van der Waals surface area contributed by atoms with E-state index in [0.29, 0.717) is 0 Å². The smallest absolute Gasteiger partial charge is 0.870 e. The molecule has 3 N–H and O–H groups in total. The predicted molar refractivity (Wildman–Crippen MR) is 30.2 cm³/mol. The molecule has 0 spiro atoms. The summed E-state index contributed by atoms with van der Waals surface area (Å²) >= 11 is 0. The van der Waals surface area contributed by atoms with Crippen molar-refractivity contribution in [2.75, 3.05) is 13.2 Å². The molecule has 1 fully saturated rings. The zero-order chi connectivity index (χ0) is 4.24. The van der Waals surface area contributed by atoms with Crippen molar-refractivity contribution in [3.05, 3.63) is 0 Å². The van der Waals surface area contributed by atoms with Crippen molar-refractivity contribution in [2.45, 2.75) is 19.3 Å². The van der Waals surface area contributed by atoms with Gasteiger partial charge in [0.1, 0.15) is 0 Å². The van der Waals surface area contributed by atoms with Gasteiger partial charge >= 0.3 is 18.9 Å². The van der Waals surface area contributed by atoms with Crippen molar-refractivity contribution in [2.24, 2.45) is 0 Å². The van der Waals surface area contributed by atoms with Crippen LogP contribution >= 0.6 is 0 Å². The van der Waals surface area contributed by atoms with Crippen LogP contribution in [0.15, 0.2) is 0 Å². The van der Waals surface area contributed by atoms with E-state index in [1.807, 2.05) is 0 Å². The summed E-state index contributed by atoms with van der Waals surface area (Å²) in [4.78, 5) is 0. The van der Waals surface area contributed by atoms with E-state index in [9.17, 15) is 0 Å². The topological polar surface area (TPSA) is 70.7 Å². The zero-order valence-electron chi connectivity index (χ0n) is 5.89. The Morgan fingerprint density at radius 1 is 0.889 bits per heavy atom. The van der Waals surface area contributed by atoms with Crippen LogP contribution in [0.1, 0.15) is 19.3 Å². The van der Waals surface area contributed by atoms with Crippen LogP contribution in [0.4, 0.5) is 0 Å². The summed E-state index contributed by atoms with van der Waals surface area (Å²) in [7, 11) is 0. The van der Waals surface area contributed by atoms with Crippen molar-refractivity contribution in [1.29, 1.82) is 0 Å². The van der Waals surface area contributed by atoms with Gasteiger partial charge in [0.25, 0.3) is 0 Å². The van der Waals surface area contributed by atoms with Gasteiger partial charge < -0.3 is 15.7 Å². The first-order chi connectivity index (χ1) is 3.00. The second-order valence-electron chi connectivity index (χ2n) is 1.67. The molecule has 3 nitrogen and oxygen atoms in total. The second kappa shape index (κ2) is 11.3. The van der Waals surface area contributed by atoms with Gasteiger partial charge in [0, 0.05) is 13.2 Å². The van der Waals surface area contributed by atoms with Gasteiger partial charge in [0.15, 0.2) is 0 Å². The van der Waals surface area contributed by atoms with E-state index in [1.165, 1.54) is 19.3 Å². The monoisotopic (exact) mass is 128 g/mol. The van der Waals surface area contributed by atoms with Crippen molar-refractivity contribution in [3.63, 3.8) is 0 Å². The zero-order valence-corrected chi connectivity index (χ0v) is 5.89. The van der Waals surface area contributed by atoms with Crippen LogP contribution in [0.25, 0.3) is 0 Å². The fourth-order valence-corrected chi connectivity index (χ4v) is 0.687. The average molecular weight is 128 g/mol. The molecule has 0 aromatic heterocycles. The molecular weight excluding hydrogens is 115 g/mol. The SMILES string of the molecule is C1CCOCC1.O.[Li+].[OH-]. The second-order valence-corrected chi connectivity index (χ2v) is 1.67. The molecule has 0 radical (unpaired) electrons. The number of rotatable bonds is 0. The van der Waals surface area contributed by atoms with E-state index < -0.39 is 0 Å². The molecule has 0 unspecified atom stereocenters. The first-order valence-electron chi connectivity index (χ1n) is 2.58. The molecule has 0 aromatic carbocycles. The maximum absolute atomic E-state index is 5.07. The third-order valence-corrected chi connectivity index (χ3v) is 1.08. The van der Waals surface area contributed by atoms with E-state index in [-0.39, 0.29) is 29.8 Å². The first-order valence-corrected chi connectivity index (χ1v) is 2.58. The third kappa shape index (κ3) is 8.48. The van der Waals surface area contributed by atoms with E-state index in [2.05, 4.69) is 0 Å². The molecule has 1 saturated heterocycles. The molecule has 0 aromatic rings. The molecular formula is C5H13LiO3. The predicted octanol–water partition coefficient (Wildman–Crippen LogP) is -2.81. The van der Waals surface area contributed by atoms with Crippen molar-refractivity contribution in [3.8, 4) is 0 Å². The summed E-state index contributed by atoms with van der Waals surface area (Å²) in [6.45, 7) is 2.00. The minimum Gasteiger partial charge on any atom is -0.870 e. The van der Waals surface area contributed by atoms with Gasteiger partial charge in [0.05, 0.1) is 0 Å². The minimum absolute atomic E-state index is 0. The number of hydrogen-bond acceptors (Lipinski definition) is 2. The number of ether oxygens (including phenoxy) is 1. The first kappa shape index (κ1) is 16.2. The van der Waals surface area contributed by atoms with Gasteiger partial charge in [-0.05, 0) is 19.3 Å².